The van der Waals surface area contributed by atoms with Crippen LogP contribution in [0.2, 0.25) is 0 Å². The van der Waals surface area contributed by atoms with E-state index in [9.17, 15) is 18.0 Å². The SMILES string of the molecule is NS(=O)(=O)c1cccc(NC(=O)CN2CCN(C(=O)C34CC5CC(CC(C5)C3)C4)CC2)c1. The second-order valence-corrected chi connectivity index (χ2v) is 11.9. The maximum atomic E-state index is 13.5. The smallest absolute Gasteiger partial charge is 0.238 e. The molecule has 4 aliphatic carbocycles. The Morgan fingerprint density at radius 2 is 1.59 bits per heavy atom. The van der Waals surface area contributed by atoms with Crippen molar-refractivity contribution >= 4 is 27.5 Å². The third-order valence-corrected chi connectivity index (χ3v) is 8.88. The Bertz CT molecular complexity index is 981. The van der Waals surface area contributed by atoms with E-state index in [4.69, 9.17) is 5.14 Å². The monoisotopic (exact) mass is 460 g/mol. The van der Waals surface area contributed by atoms with Crippen LogP contribution in [-0.4, -0.2) is 62.8 Å². The molecule has 1 aliphatic heterocycles. The van der Waals surface area contributed by atoms with Crippen molar-refractivity contribution in [3.63, 3.8) is 0 Å². The number of carbonyl (C=O) groups excluding carboxylic acids is 2. The van der Waals surface area contributed by atoms with Crippen LogP contribution < -0.4 is 10.5 Å². The number of nitrogens with zero attached hydrogens (tertiary/aromatic N) is 2. The first-order valence-electron chi connectivity index (χ1n) is 11.6. The van der Waals surface area contributed by atoms with Crippen LogP contribution in [0.15, 0.2) is 29.2 Å². The molecular weight excluding hydrogens is 428 g/mol. The van der Waals surface area contributed by atoms with Crippen LogP contribution in [0.25, 0.3) is 0 Å². The summed E-state index contributed by atoms with van der Waals surface area (Å²) in [6.45, 7) is 2.87. The van der Waals surface area contributed by atoms with Gasteiger partial charge in [-0.3, -0.25) is 14.5 Å². The van der Waals surface area contributed by atoms with Gasteiger partial charge in [0.05, 0.1) is 16.9 Å². The first-order valence-corrected chi connectivity index (χ1v) is 13.2. The molecule has 5 aliphatic rings. The van der Waals surface area contributed by atoms with E-state index in [1.165, 1.54) is 31.4 Å². The first kappa shape index (κ1) is 21.9. The first-order chi connectivity index (χ1) is 15.2. The standard InChI is InChI=1S/C23H32N4O4S/c24-32(30,31)20-3-1-2-19(11-20)25-21(28)15-26-4-6-27(7-5-26)22(29)23-12-16-8-17(13-23)10-18(9-16)14-23/h1-3,11,16-18H,4-10,12-15H2,(H,25,28)(H2,24,30,31). The van der Waals surface area contributed by atoms with E-state index in [1.807, 2.05) is 9.80 Å². The Hall–Kier alpha value is -1.97. The molecule has 1 aromatic carbocycles. The Kier molecular flexibility index (Phi) is 5.54. The van der Waals surface area contributed by atoms with Crippen LogP contribution in [0, 0.1) is 23.2 Å². The molecule has 0 radical (unpaired) electrons. The van der Waals surface area contributed by atoms with E-state index in [0.29, 0.717) is 37.8 Å². The molecule has 0 spiro atoms. The predicted octanol–water partition coefficient (Wildman–Crippen LogP) is 1.63. The van der Waals surface area contributed by atoms with Crippen molar-refractivity contribution in [3.05, 3.63) is 24.3 Å². The van der Waals surface area contributed by atoms with Crippen molar-refractivity contribution in [2.75, 3.05) is 38.0 Å². The Morgan fingerprint density at radius 3 is 2.16 bits per heavy atom. The van der Waals surface area contributed by atoms with Gasteiger partial charge in [-0.05, 0) is 74.5 Å². The second-order valence-electron chi connectivity index (χ2n) is 10.4. The van der Waals surface area contributed by atoms with Crippen molar-refractivity contribution < 1.29 is 18.0 Å². The van der Waals surface area contributed by atoms with Crippen molar-refractivity contribution in [1.82, 2.24) is 9.80 Å². The van der Waals surface area contributed by atoms with Gasteiger partial charge in [-0.1, -0.05) is 6.07 Å². The molecule has 32 heavy (non-hydrogen) atoms. The largest absolute Gasteiger partial charge is 0.340 e. The Morgan fingerprint density at radius 1 is 1.00 bits per heavy atom. The number of amides is 2. The quantitative estimate of drug-likeness (QED) is 0.694. The lowest BCUT2D eigenvalue weighted by Gasteiger charge is -2.57. The van der Waals surface area contributed by atoms with Crippen LogP contribution in [0.3, 0.4) is 0 Å². The lowest BCUT2D eigenvalue weighted by atomic mass is 9.49. The number of hydrogen-bond donors (Lipinski definition) is 2. The van der Waals surface area contributed by atoms with Gasteiger partial charge in [-0.25, -0.2) is 13.6 Å². The number of hydrogen-bond acceptors (Lipinski definition) is 5. The number of rotatable bonds is 5. The number of anilines is 1. The fraction of sp³-hybridized carbons (Fsp3) is 0.652. The van der Waals surface area contributed by atoms with Crippen LogP contribution in [0.5, 0.6) is 0 Å². The molecule has 4 saturated carbocycles. The van der Waals surface area contributed by atoms with E-state index in [0.717, 1.165) is 37.0 Å². The fourth-order valence-electron chi connectivity index (χ4n) is 6.97. The lowest BCUT2D eigenvalue weighted by Crippen LogP contribution is -2.58. The summed E-state index contributed by atoms with van der Waals surface area (Å²) in [6, 6.07) is 5.93. The molecule has 9 heteroatoms. The Labute approximate surface area is 189 Å². The molecule has 0 aromatic heterocycles. The van der Waals surface area contributed by atoms with Gasteiger partial charge in [0.25, 0.3) is 0 Å². The van der Waals surface area contributed by atoms with E-state index in [2.05, 4.69) is 5.32 Å². The highest BCUT2D eigenvalue weighted by Gasteiger charge is 2.55. The van der Waals surface area contributed by atoms with E-state index in [-0.39, 0.29) is 22.8 Å². The zero-order valence-electron chi connectivity index (χ0n) is 18.3. The predicted molar refractivity (Wildman–Crippen MR) is 120 cm³/mol. The third kappa shape index (κ3) is 4.30. The van der Waals surface area contributed by atoms with Crippen LogP contribution >= 0.6 is 0 Å². The van der Waals surface area contributed by atoms with Gasteiger partial charge in [0.15, 0.2) is 0 Å². The maximum absolute atomic E-state index is 13.5. The molecular formula is C23H32N4O4S. The Balaban J connectivity index is 1.14. The van der Waals surface area contributed by atoms with E-state index in [1.54, 1.807) is 12.1 Å². The topological polar surface area (TPSA) is 113 Å². The molecule has 0 atom stereocenters. The summed E-state index contributed by atoms with van der Waals surface area (Å²) in [7, 11) is -3.82. The second kappa shape index (κ2) is 8.11. The molecule has 4 bridgehead atoms. The highest BCUT2D eigenvalue weighted by atomic mass is 32.2. The van der Waals surface area contributed by atoms with Gasteiger partial charge in [-0.15, -0.1) is 0 Å². The lowest BCUT2D eigenvalue weighted by molar-refractivity contribution is -0.159. The molecule has 1 aromatic rings. The summed E-state index contributed by atoms with van der Waals surface area (Å²) in [5.74, 6) is 2.41. The molecule has 174 valence electrons. The molecule has 0 unspecified atom stereocenters. The van der Waals surface area contributed by atoms with E-state index < -0.39 is 10.0 Å². The number of nitrogens with two attached hydrogens (primary N) is 1. The molecule has 3 N–H and O–H groups in total. The van der Waals surface area contributed by atoms with Crippen LogP contribution in [-0.2, 0) is 19.6 Å². The average Bonchev–Trinajstić information content (AvgIpc) is 2.72. The number of benzene rings is 1. The maximum Gasteiger partial charge on any atom is 0.238 e. The summed E-state index contributed by atoms with van der Waals surface area (Å²) in [5.41, 5.74) is 0.292. The molecule has 2 amide bonds. The van der Waals surface area contributed by atoms with Crippen molar-refractivity contribution in [1.29, 1.82) is 0 Å². The summed E-state index contributed by atoms with van der Waals surface area (Å²) in [4.78, 5) is 30.0. The minimum Gasteiger partial charge on any atom is -0.340 e. The van der Waals surface area contributed by atoms with Crippen molar-refractivity contribution in [3.8, 4) is 0 Å². The highest BCUT2D eigenvalue weighted by molar-refractivity contribution is 7.89. The minimum atomic E-state index is -3.82. The third-order valence-electron chi connectivity index (χ3n) is 7.96. The van der Waals surface area contributed by atoms with Crippen molar-refractivity contribution in [2.45, 2.75) is 43.4 Å². The number of primary sulfonamides is 1. The summed E-state index contributed by atoms with van der Waals surface area (Å²) in [5, 5.41) is 7.90. The number of piperazine rings is 1. The van der Waals surface area contributed by atoms with Gasteiger partial charge in [-0.2, -0.15) is 0 Å². The van der Waals surface area contributed by atoms with Crippen molar-refractivity contribution in [2.24, 2.45) is 28.3 Å². The number of sulfonamides is 1. The van der Waals surface area contributed by atoms with Crippen LogP contribution in [0.1, 0.15) is 38.5 Å². The van der Waals surface area contributed by atoms with Gasteiger partial charge in [0.1, 0.15) is 0 Å². The van der Waals surface area contributed by atoms with Crippen LogP contribution in [0.4, 0.5) is 5.69 Å². The average molecular weight is 461 g/mol. The fourth-order valence-corrected chi connectivity index (χ4v) is 7.53. The minimum absolute atomic E-state index is 0.0351. The van der Waals surface area contributed by atoms with Gasteiger partial charge in [0, 0.05) is 31.9 Å². The molecule has 6 rings (SSSR count). The zero-order chi connectivity index (χ0) is 22.5. The number of carbonyl (C=O) groups is 2. The highest BCUT2D eigenvalue weighted by Crippen LogP contribution is 2.60. The molecule has 5 fully saturated rings. The van der Waals surface area contributed by atoms with E-state index >= 15 is 0 Å². The molecule has 8 nitrogen and oxygen atoms in total. The number of nitrogens with one attached hydrogen (secondary N) is 1. The summed E-state index contributed by atoms with van der Waals surface area (Å²) < 4.78 is 23.0. The van der Waals surface area contributed by atoms with Gasteiger partial charge in [0.2, 0.25) is 21.8 Å². The zero-order valence-corrected chi connectivity index (χ0v) is 19.1. The summed E-state index contributed by atoms with van der Waals surface area (Å²) >= 11 is 0. The van der Waals surface area contributed by atoms with Gasteiger partial charge < -0.3 is 10.2 Å². The summed E-state index contributed by atoms with van der Waals surface area (Å²) in [6.07, 6.45) is 7.23. The molecule has 1 heterocycles. The van der Waals surface area contributed by atoms with Gasteiger partial charge >= 0.3 is 0 Å². The normalized spacial score (nSPS) is 32.2. The molecule has 1 saturated heterocycles.